The Balaban J connectivity index is 1.70. The molecule has 0 fully saturated rings. The van der Waals surface area contributed by atoms with Gasteiger partial charge in [-0.15, -0.1) is 0 Å². The minimum absolute atomic E-state index is 0.104. The van der Waals surface area contributed by atoms with Crippen molar-refractivity contribution in [1.29, 1.82) is 0 Å². The van der Waals surface area contributed by atoms with E-state index < -0.39 is 0 Å². The van der Waals surface area contributed by atoms with Crippen molar-refractivity contribution < 1.29 is 14.3 Å². The van der Waals surface area contributed by atoms with E-state index in [9.17, 15) is 9.59 Å². The normalized spacial score (nSPS) is 13.1. The zero-order valence-electron chi connectivity index (χ0n) is 17.4. The van der Waals surface area contributed by atoms with E-state index in [-0.39, 0.29) is 11.8 Å². The molecule has 5 heteroatoms. The number of amides is 2. The number of anilines is 2. The zero-order valence-corrected chi connectivity index (χ0v) is 17.4. The van der Waals surface area contributed by atoms with Crippen LogP contribution in [0.5, 0.6) is 5.75 Å². The van der Waals surface area contributed by atoms with Crippen molar-refractivity contribution in [3.8, 4) is 5.75 Å². The molecule has 0 bridgehead atoms. The molecule has 3 aromatic rings. The highest BCUT2D eigenvalue weighted by atomic mass is 16.5. The zero-order chi connectivity index (χ0) is 21.1. The van der Waals surface area contributed by atoms with Crippen LogP contribution in [0.15, 0.2) is 54.6 Å². The lowest BCUT2D eigenvalue weighted by molar-refractivity contribution is -0.118. The number of nitrogens with zero attached hydrogens (tertiary/aromatic N) is 1. The fraction of sp³-hybridized carbons (Fsp3) is 0.280. The van der Waals surface area contributed by atoms with Crippen LogP contribution in [0, 0.1) is 0 Å². The van der Waals surface area contributed by atoms with Gasteiger partial charge in [-0.3, -0.25) is 9.59 Å². The summed E-state index contributed by atoms with van der Waals surface area (Å²) in [7, 11) is 0. The van der Waals surface area contributed by atoms with Gasteiger partial charge in [0.05, 0.1) is 12.2 Å². The third kappa shape index (κ3) is 3.75. The summed E-state index contributed by atoms with van der Waals surface area (Å²) in [6.45, 7) is 4.97. The number of rotatable bonds is 5. The molecular formula is C25H26N2O3. The van der Waals surface area contributed by atoms with Gasteiger partial charge in [0.2, 0.25) is 5.91 Å². The van der Waals surface area contributed by atoms with Crippen LogP contribution in [0.25, 0.3) is 10.8 Å². The number of carbonyl (C=O) groups excluding carboxylic acids is 2. The number of benzene rings is 3. The van der Waals surface area contributed by atoms with Crippen LogP contribution in [0.4, 0.5) is 11.4 Å². The van der Waals surface area contributed by atoms with Crippen molar-refractivity contribution in [2.24, 2.45) is 0 Å². The van der Waals surface area contributed by atoms with Crippen LogP contribution in [-0.4, -0.2) is 25.0 Å². The van der Waals surface area contributed by atoms with E-state index >= 15 is 0 Å². The molecule has 1 N–H and O–H groups in total. The van der Waals surface area contributed by atoms with Crippen molar-refractivity contribution >= 4 is 34.0 Å². The molecule has 0 aliphatic carbocycles. The summed E-state index contributed by atoms with van der Waals surface area (Å²) in [6, 6.07) is 17.4. The van der Waals surface area contributed by atoms with Gasteiger partial charge in [0, 0.05) is 24.3 Å². The van der Waals surface area contributed by atoms with Gasteiger partial charge < -0.3 is 15.0 Å². The van der Waals surface area contributed by atoms with E-state index in [0.29, 0.717) is 30.0 Å². The van der Waals surface area contributed by atoms with Gasteiger partial charge in [0.25, 0.3) is 5.91 Å². The Bertz CT molecular complexity index is 1110. The minimum Gasteiger partial charge on any atom is -0.493 e. The van der Waals surface area contributed by atoms with Crippen LogP contribution < -0.4 is 15.0 Å². The standard InChI is InChI=1S/C25H26N2O3/c1-3-23(28)27-15-7-9-18-11-13-19(16-21(18)27)26-25(29)24-20-10-6-5-8-17(20)12-14-22(24)30-4-2/h5-6,8,10-14,16H,3-4,7,9,15H2,1-2H3,(H,26,29). The highest BCUT2D eigenvalue weighted by Gasteiger charge is 2.23. The predicted octanol–water partition coefficient (Wildman–Crippen LogP) is 5.18. The molecule has 1 heterocycles. The maximum Gasteiger partial charge on any atom is 0.260 e. The molecule has 0 saturated heterocycles. The number of fused-ring (bicyclic) bond motifs is 2. The predicted molar refractivity (Wildman–Crippen MR) is 120 cm³/mol. The van der Waals surface area contributed by atoms with E-state index in [1.807, 2.05) is 73.3 Å². The van der Waals surface area contributed by atoms with Crippen LogP contribution in [0.3, 0.4) is 0 Å². The molecule has 0 unspecified atom stereocenters. The Labute approximate surface area is 176 Å². The van der Waals surface area contributed by atoms with Gasteiger partial charge in [0.15, 0.2) is 0 Å². The van der Waals surface area contributed by atoms with Crippen molar-refractivity contribution in [2.45, 2.75) is 33.1 Å². The molecule has 1 aliphatic rings. The topological polar surface area (TPSA) is 58.6 Å². The summed E-state index contributed by atoms with van der Waals surface area (Å²) in [4.78, 5) is 27.5. The second-order valence-corrected chi connectivity index (χ2v) is 7.39. The Morgan fingerprint density at radius 2 is 1.90 bits per heavy atom. The van der Waals surface area contributed by atoms with E-state index in [1.165, 1.54) is 0 Å². The number of carbonyl (C=O) groups is 2. The average molecular weight is 402 g/mol. The smallest absolute Gasteiger partial charge is 0.260 e. The molecule has 5 nitrogen and oxygen atoms in total. The minimum atomic E-state index is -0.223. The lowest BCUT2D eigenvalue weighted by Gasteiger charge is -2.30. The first-order valence-electron chi connectivity index (χ1n) is 10.5. The first-order valence-corrected chi connectivity index (χ1v) is 10.5. The molecule has 30 heavy (non-hydrogen) atoms. The molecule has 4 rings (SSSR count). The lowest BCUT2D eigenvalue weighted by Crippen LogP contribution is -2.35. The van der Waals surface area contributed by atoms with Crippen LogP contribution in [0.1, 0.15) is 42.6 Å². The molecule has 1 aliphatic heterocycles. The number of hydrogen-bond acceptors (Lipinski definition) is 3. The summed E-state index contributed by atoms with van der Waals surface area (Å²) in [5, 5.41) is 4.85. The monoisotopic (exact) mass is 402 g/mol. The Hall–Kier alpha value is -3.34. The van der Waals surface area contributed by atoms with E-state index in [2.05, 4.69) is 5.32 Å². The summed E-state index contributed by atoms with van der Waals surface area (Å²) in [5.41, 5.74) is 3.23. The van der Waals surface area contributed by atoms with Crippen molar-refractivity contribution in [3.63, 3.8) is 0 Å². The molecule has 3 aromatic carbocycles. The number of nitrogens with one attached hydrogen (secondary N) is 1. The number of aryl methyl sites for hydroxylation is 1. The van der Waals surface area contributed by atoms with Crippen LogP contribution >= 0.6 is 0 Å². The highest BCUT2D eigenvalue weighted by Crippen LogP contribution is 2.32. The van der Waals surface area contributed by atoms with Gasteiger partial charge in [-0.25, -0.2) is 0 Å². The second kappa shape index (κ2) is 8.57. The molecule has 2 amide bonds. The molecular weight excluding hydrogens is 376 g/mol. The largest absolute Gasteiger partial charge is 0.493 e. The first-order chi connectivity index (χ1) is 14.6. The fourth-order valence-electron chi connectivity index (χ4n) is 4.06. The second-order valence-electron chi connectivity index (χ2n) is 7.39. The fourth-order valence-corrected chi connectivity index (χ4v) is 4.06. The molecule has 0 radical (unpaired) electrons. The maximum absolute atomic E-state index is 13.3. The summed E-state index contributed by atoms with van der Waals surface area (Å²) in [5.74, 6) is 0.445. The van der Waals surface area contributed by atoms with Crippen molar-refractivity contribution in [2.75, 3.05) is 23.4 Å². The number of ether oxygens (including phenoxy) is 1. The molecule has 0 saturated carbocycles. The number of hydrogen-bond donors (Lipinski definition) is 1. The van der Waals surface area contributed by atoms with E-state index in [0.717, 1.165) is 41.4 Å². The van der Waals surface area contributed by atoms with E-state index in [4.69, 9.17) is 4.74 Å². The molecule has 0 atom stereocenters. The quantitative estimate of drug-likeness (QED) is 0.640. The summed E-state index contributed by atoms with van der Waals surface area (Å²) in [6.07, 6.45) is 2.36. The van der Waals surface area contributed by atoms with Crippen molar-refractivity contribution in [1.82, 2.24) is 0 Å². The summed E-state index contributed by atoms with van der Waals surface area (Å²) < 4.78 is 5.74. The molecule has 154 valence electrons. The first kappa shape index (κ1) is 20.0. The Morgan fingerprint density at radius 1 is 1.07 bits per heavy atom. The van der Waals surface area contributed by atoms with Crippen molar-refractivity contribution in [3.05, 3.63) is 65.7 Å². The lowest BCUT2D eigenvalue weighted by atomic mass is 10.00. The van der Waals surface area contributed by atoms with Gasteiger partial charge in [-0.2, -0.15) is 0 Å². The molecule has 0 aromatic heterocycles. The molecule has 0 spiro atoms. The third-order valence-corrected chi connectivity index (χ3v) is 5.48. The summed E-state index contributed by atoms with van der Waals surface area (Å²) >= 11 is 0. The Kier molecular flexibility index (Phi) is 5.70. The SMILES string of the molecule is CCOc1ccc2ccccc2c1C(=O)Nc1ccc2c(c1)N(C(=O)CC)CCC2. The van der Waals surface area contributed by atoms with Crippen LogP contribution in [0.2, 0.25) is 0 Å². The van der Waals surface area contributed by atoms with Gasteiger partial charge in [-0.1, -0.05) is 43.3 Å². The maximum atomic E-state index is 13.3. The third-order valence-electron chi connectivity index (χ3n) is 5.48. The highest BCUT2D eigenvalue weighted by molar-refractivity contribution is 6.15. The van der Waals surface area contributed by atoms with E-state index in [1.54, 1.807) is 0 Å². The van der Waals surface area contributed by atoms with Crippen LogP contribution in [-0.2, 0) is 11.2 Å². The van der Waals surface area contributed by atoms with Gasteiger partial charge >= 0.3 is 0 Å². The average Bonchev–Trinajstić information content (AvgIpc) is 2.78. The Morgan fingerprint density at radius 3 is 2.70 bits per heavy atom. The van der Waals surface area contributed by atoms with Gasteiger partial charge in [-0.05, 0) is 54.3 Å². The van der Waals surface area contributed by atoms with Gasteiger partial charge in [0.1, 0.15) is 5.75 Å².